The van der Waals surface area contributed by atoms with Crippen molar-refractivity contribution in [1.82, 2.24) is 9.80 Å². The molecule has 2 aliphatic heterocycles. The van der Waals surface area contributed by atoms with E-state index in [0.717, 1.165) is 18.3 Å². The van der Waals surface area contributed by atoms with Crippen molar-refractivity contribution >= 4 is 22.8 Å². The lowest BCUT2D eigenvalue weighted by Crippen LogP contribution is -2.43. The van der Waals surface area contributed by atoms with Gasteiger partial charge in [-0.05, 0) is 33.0 Å². The Balaban J connectivity index is 1.93. The van der Waals surface area contributed by atoms with Crippen LogP contribution in [0.1, 0.15) is 12.8 Å². The summed E-state index contributed by atoms with van der Waals surface area (Å²) in [6, 6.07) is 0.554. The van der Waals surface area contributed by atoms with Crippen molar-refractivity contribution in [3.8, 4) is 0 Å². The molecule has 0 atom stereocenters. The lowest BCUT2D eigenvalue weighted by molar-refractivity contribution is -0.115. The molecule has 0 aromatic carbocycles. The van der Waals surface area contributed by atoms with E-state index >= 15 is 0 Å². The number of amidine groups is 1. The van der Waals surface area contributed by atoms with Crippen LogP contribution in [0.5, 0.6) is 0 Å². The normalized spacial score (nSPS) is 24.4. The first-order valence-electron chi connectivity index (χ1n) is 5.32. The summed E-state index contributed by atoms with van der Waals surface area (Å²) in [7, 11) is 4.21. The zero-order valence-corrected chi connectivity index (χ0v) is 10.1. The molecule has 1 saturated heterocycles. The molecule has 0 N–H and O–H groups in total. The molecule has 0 aromatic heterocycles. The first-order chi connectivity index (χ1) is 7.16. The van der Waals surface area contributed by atoms with Crippen molar-refractivity contribution in [1.29, 1.82) is 0 Å². The van der Waals surface area contributed by atoms with Crippen molar-refractivity contribution in [3.63, 3.8) is 0 Å². The monoisotopic (exact) mass is 227 g/mol. The SMILES string of the molecule is CN1CCC(N(C)C2=NC(=O)CS2)CC1. The van der Waals surface area contributed by atoms with Gasteiger partial charge in [-0.15, -0.1) is 0 Å². The van der Waals surface area contributed by atoms with E-state index in [1.54, 1.807) is 11.8 Å². The molecule has 15 heavy (non-hydrogen) atoms. The Hall–Kier alpha value is -0.550. The van der Waals surface area contributed by atoms with Crippen molar-refractivity contribution < 1.29 is 4.79 Å². The summed E-state index contributed by atoms with van der Waals surface area (Å²) in [5, 5.41) is 0.912. The third-order valence-corrected chi connectivity index (χ3v) is 4.11. The zero-order valence-electron chi connectivity index (χ0n) is 9.27. The number of piperidine rings is 1. The van der Waals surface area contributed by atoms with Gasteiger partial charge >= 0.3 is 0 Å². The van der Waals surface area contributed by atoms with E-state index in [-0.39, 0.29) is 5.91 Å². The average molecular weight is 227 g/mol. The standard InChI is InChI=1S/C10H17N3OS/c1-12-5-3-8(4-6-12)13(2)10-11-9(14)7-15-10/h8H,3-7H2,1-2H3. The highest BCUT2D eigenvalue weighted by Gasteiger charge is 2.26. The van der Waals surface area contributed by atoms with Crippen molar-refractivity contribution in [2.75, 3.05) is 32.9 Å². The molecule has 0 bridgehead atoms. The zero-order chi connectivity index (χ0) is 10.8. The molecule has 2 aliphatic rings. The van der Waals surface area contributed by atoms with Gasteiger partial charge in [-0.25, -0.2) is 0 Å². The molecule has 1 fully saturated rings. The first-order valence-corrected chi connectivity index (χ1v) is 6.31. The second-order valence-corrected chi connectivity index (χ2v) is 5.16. The Morgan fingerprint density at radius 3 is 2.67 bits per heavy atom. The van der Waals surface area contributed by atoms with Gasteiger partial charge in [-0.3, -0.25) is 4.79 Å². The quantitative estimate of drug-likeness (QED) is 0.659. The van der Waals surface area contributed by atoms with E-state index in [4.69, 9.17) is 0 Å². The highest BCUT2D eigenvalue weighted by atomic mass is 32.2. The molecule has 84 valence electrons. The van der Waals surface area contributed by atoms with Crippen LogP contribution < -0.4 is 0 Å². The molecule has 1 amide bonds. The van der Waals surface area contributed by atoms with Crippen LogP contribution in [0, 0.1) is 0 Å². The third kappa shape index (κ3) is 2.52. The highest BCUT2D eigenvalue weighted by Crippen LogP contribution is 2.21. The predicted molar refractivity (Wildman–Crippen MR) is 63.2 cm³/mol. The molecule has 0 aliphatic carbocycles. The number of thioether (sulfide) groups is 1. The molecule has 4 nitrogen and oxygen atoms in total. The van der Waals surface area contributed by atoms with E-state index < -0.39 is 0 Å². The fourth-order valence-electron chi connectivity index (χ4n) is 2.02. The minimum Gasteiger partial charge on any atom is -0.351 e. The van der Waals surface area contributed by atoms with E-state index in [2.05, 4.69) is 28.9 Å². The summed E-state index contributed by atoms with van der Waals surface area (Å²) in [6.07, 6.45) is 2.33. The Labute approximate surface area is 94.7 Å². The van der Waals surface area contributed by atoms with Crippen LogP contribution in [0.25, 0.3) is 0 Å². The van der Waals surface area contributed by atoms with Gasteiger partial charge < -0.3 is 9.80 Å². The largest absolute Gasteiger partial charge is 0.351 e. The molecule has 2 heterocycles. The fraction of sp³-hybridized carbons (Fsp3) is 0.800. The van der Waals surface area contributed by atoms with Gasteiger partial charge in [-0.2, -0.15) is 4.99 Å². The van der Waals surface area contributed by atoms with Crippen LogP contribution in [0.2, 0.25) is 0 Å². The number of nitrogens with zero attached hydrogens (tertiary/aromatic N) is 3. The maximum Gasteiger partial charge on any atom is 0.258 e. The van der Waals surface area contributed by atoms with Gasteiger partial charge in [0.25, 0.3) is 5.91 Å². The molecular weight excluding hydrogens is 210 g/mol. The first kappa shape index (κ1) is 11.0. The number of carbonyl (C=O) groups is 1. The second kappa shape index (κ2) is 4.53. The summed E-state index contributed by atoms with van der Waals surface area (Å²) < 4.78 is 0. The van der Waals surface area contributed by atoms with Crippen molar-refractivity contribution in [2.24, 2.45) is 4.99 Å². The van der Waals surface area contributed by atoms with Crippen LogP contribution in [-0.4, -0.2) is 59.9 Å². The van der Waals surface area contributed by atoms with Gasteiger partial charge in [0.1, 0.15) is 0 Å². The molecule has 5 heteroatoms. The van der Waals surface area contributed by atoms with Gasteiger partial charge in [-0.1, -0.05) is 11.8 Å². The summed E-state index contributed by atoms with van der Waals surface area (Å²) in [6.45, 7) is 2.28. The Morgan fingerprint density at radius 2 is 2.13 bits per heavy atom. The van der Waals surface area contributed by atoms with Gasteiger partial charge in [0, 0.05) is 13.1 Å². The summed E-state index contributed by atoms with van der Waals surface area (Å²) in [4.78, 5) is 19.6. The topological polar surface area (TPSA) is 35.9 Å². The molecule has 0 saturated carbocycles. The number of amides is 1. The number of likely N-dealkylation sites (tertiary alicyclic amines) is 1. The second-order valence-electron chi connectivity index (χ2n) is 4.22. The van der Waals surface area contributed by atoms with E-state index in [9.17, 15) is 4.79 Å². The number of hydrogen-bond donors (Lipinski definition) is 0. The smallest absolute Gasteiger partial charge is 0.258 e. The lowest BCUT2D eigenvalue weighted by atomic mass is 10.1. The summed E-state index contributed by atoms with van der Waals surface area (Å²) >= 11 is 1.57. The van der Waals surface area contributed by atoms with Crippen LogP contribution >= 0.6 is 11.8 Å². The Bertz CT molecular complexity index is 284. The Kier molecular flexibility index (Phi) is 3.31. The lowest BCUT2D eigenvalue weighted by Gasteiger charge is -2.35. The fourth-order valence-corrected chi connectivity index (χ4v) is 2.85. The maximum absolute atomic E-state index is 11.0. The van der Waals surface area contributed by atoms with Gasteiger partial charge in [0.2, 0.25) is 0 Å². The number of hydrogen-bond acceptors (Lipinski definition) is 4. The van der Waals surface area contributed by atoms with Gasteiger partial charge in [0.05, 0.1) is 5.75 Å². The van der Waals surface area contributed by atoms with Crippen molar-refractivity contribution in [3.05, 3.63) is 0 Å². The molecule has 0 spiro atoms. The van der Waals surface area contributed by atoms with Crippen LogP contribution in [0.15, 0.2) is 4.99 Å². The third-order valence-electron chi connectivity index (χ3n) is 3.08. The molecule has 0 radical (unpaired) electrons. The van der Waals surface area contributed by atoms with Gasteiger partial charge in [0.15, 0.2) is 5.17 Å². The predicted octanol–water partition coefficient (Wildman–Crippen LogP) is 0.642. The van der Waals surface area contributed by atoms with Crippen LogP contribution in [0.4, 0.5) is 0 Å². The van der Waals surface area contributed by atoms with E-state index in [0.29, 0.717) is 11.8 Å². The van der Waals surface area contributed by atoms with E-state index in [1.165, 1.54) is 12.8 Å². The minimum atomic E-state index is 0.00905. The van der Waals surface area contributed by atoms with E-state index in [1.807, 2.05) is 0 Å². The molecule has 2 rings (SSSR count). The highest BCUT2D eigenvalue weighted by molar-refractivity contribution is 8.14. The van der Waals surface area contributed by atoms with Crippen LogP contribution in [-0.2, 0) is 4.79 Å². The maximum atomic E-state index is 11.0. The average Bonchev–Trinajstić information content (AvgIpc) is 2.65. The number of rotatable bonds is 1. The molecule has 0 aromatic rings. The molecular formula is C10H17N3OS. The minimum absolute atomic E-state index is 0.00905. The van der Waals surface area contributed by atoms with Crippen LogP contribution in [0.3, 0.4) is 0 Å². The summed E-state index contributed by atoms with van der Waals surface area (Å²) in [5.41, 5.74) is 0. The van der Waals surface area contributed by atoms with Crippen molar-refractivity contribution in [2.45, 2.75) is 18.9 Å². The number of carbonyl (C=O) groups excluding carboxylic acids is 1. The Morgan fingerprint density at radius 1 is 1.47 bits per heavy atom. The molecule has 0 unspecified atom stereocenters. The number of aliphatic imine (C=N–C) groups is 1. The summed E-state index contributed by atoms with van der Waals surface area (Å²) in [5.74, 6) is 0.529.